The number of carbonyl (C=O) groups excluding carboxylic acids is 1. The van der Waals surface area contributed by atoms with Crippen LogP contribution in [0.25, 0.3) is 0 Å². The molecule has 0 aromatic heterocycles. The molecule has 27 heavy (non-hydrogen) atoms. The van der Waals surface area contributed by atoms with Gasteiger partial charge in [-0.05, 0) is 43.5 Å². The molecule has 0 radical (unpaired) electrons. The van der Waals surface area contributed by atoms with Crippen LogP contribution >= 0.6 is 24.8 Å². The van der Waals surface area contributed by atoms with Crippen molar-refractivity contribution in [2.75, 3.05) is 32.4 Å². The van der Waals surface area contributed by atoms with Gasteiger partial charge in [0.2, 0.25) is 0 Å². The van der Waals surface area contributed by atoms with Gasteiger partial charge in [0.1, 0.15) is 0 Å². The van der Waals surface area contributed by atoms with E-state index >= 15 is 0 Å². The number of para-hydroxylation sites is 1. The summed E-state index contributed by atoms with van der Waals surface area (Å²) < 4.78 is 0. The third-order valence-electron chi connectivity index (χ3n) is 4.96. The zero-order valence-corrected chi connectivity index (χ0v) is 17.3. The Balaban J connectivity index is 0.00000182. The van der Waals surface area contributed by atoms with Crippen LogP contribution < -0.4 is 5.73 Å². The summed E-state index contributed by atoms with van der Waals surface area (Å²) in [6.07, 6.45) is 2.11. The standard InChI is InChI=1S/C21H27N3O.2ClH/c1-23(15-17-7-3-2-4-8-17)16-18-11-13-24(14-12-18)21(25)19-9-5-6-10-20(19)22;;/h2-10,18H,11-16,22H2,1H3;2*1H. The van der Waals surface area contributed by atoms with Crippen LogP contribution in [0, 0.1) is 5.92 Å². The minimum atomic E-state index is 0. The summed E-state index contributed by atoms with van der Waals surface area (Å²) in [6, 6.07) is 17.9. The molecule has 148 valence electrons. The molecule has 2 aromatic rings. The van der Waals surface area contributed by atoms with Gasteiger partial charge in [0.05, 0.1) is 5.56 Å². The summed E-state index contributed by atoms with van der Waals surface area (Å²) in [7, 11) is 2.18. The molecule has 2 N–H and O–H groups in total. The Morgan fingerprint density at radius 3 is 2.26 bits per heavy atom. The zero-order chi connectivity index (χ0) is 17.6. The number of benzene rings is 2. The molecule has 4 nitrogen and oxygen atoms in total. The summed E-state index contributed by atoms with van der Waals surface area (Å²) in [5.41, 5.74) is 8.48. The second-order valence-electron chi connectivity index (χ2n) is 7.01. The van der Waals surface area contributed by atoms with E-state index in [1.165, 1.54) is 5.56 Å². The molecule has 3 rings (SSSR count). The molecular weight excluding hydrogens is 381 g/mol. The number of carbonyl (C=O) groups is 1. The molecule has 1 saturated heterocycles. The molecule has 0 saturated carbocycles. The van der Waals surface area contributed by atoms with Crippen molar-refractivity contribution in [2.45, 2.75) is 19.4 Å². The average Bonchev–Trinajstić information content (AvgIpc) is 2.63. The molecule has 1 aliphatic rings. The molecule has 0 aliphatic carbocycles. The minimum absolute atomic E-state index is 0. The first-order valence-electron chi connectivity index (χ1n) is 8.99. The van der Waals surface area contributed by atoms with E-state index in [4.69, 9.17) is 5.73 Å². The SMILES string of the molecule is CN(Cc1ccccc1)CC1CCN(C(=O)c2ccccc2N)CC1.Cl.Cl. The number of piperidine rings is 1. The van der Waals surface area contributed by atoms with Crippen LogP contribution in [0.3, 0.4) is 0 Å². The highest BCUT2D eigenvalue weighted by atomic mass is 35.5. The van der Waals surface area contributed by atoms with Crippen molar-refractivity contribution < 1.29 is 4.79 Å². The minimum Gasteiger partial charge on any atom is -0.398 e. The van der Waals surface area contributed by atoms with Crippen LogP contribution in [0.4, 0.5) is 5.69 Å². The lowest BCUT2D eigenvalue weighted by atomic mass is 9.95. The van der Waals surface area contributed by atoms with Crippen LogP contribution in [0.1, 0.15) is 28.8 Å². The van der Waals surface area contributed by atoms with Crippen LogP contribution in [0.5, 0.6) is 0 Å². The molecule has 6 heteroatoms. The molecule has 0 spiro atoms. The number of amides is 1. The molecule has 1 amide bonds. The summed E-state index contributed by atoms with van der Waals surface area (Å²) >= 11 is 0. The van der Waals surface area contributed by atoms with Gasteiger partial charge in [-0.2, -0.15) is 0 Å². The number of nitrogens with zero attached hydrogens (tertiary/aromatic N) is 2. The Bertz CT molecular complexity index is 704. The van der Waals surface area contributed by atoms with Gasteiger partial charge >= 0.3 is 0 Å². The van der Waals surface area contributed by atoms with Gasteiger partial charge in [-0.25, -0.2) is 0 Å². The first kappa shape index (κ1) is 23.3. The Hall–Kier alpha value is -1.75. The summed E-state index contributed by atoms with van der Waals surface area (Å²) in [5.74, 6) is 0.708. The van der Waals surface area contributed by atoms with E-state index in [0.29, 0.717) is 17.2 Å². The number of likely N-dealkylation sites (tertiary alicyclic amines) is 1. The number of hydrogen-bond donors (Lipinski definition) is 1. The molecule has 1 heterocycles. The average molecular weight is 410 g/mol. The van der Waals surface area contributed by atoms with Gasteiger partial charge in [0, 0.05) is 31.9 Å². The zero-order valence-electron chi connectivity index (χ0n) is 15.7. The predicted molar refractivity (Wildman–Crippen MR) is 117 cm³/mol. The molecule has 0 bridgehead atoms. The first-order chi connectivity index (χ1) is 12.1. The van der Waals surface area contributed by atoms with Gasteiger partial charge in [0.15, 0.2) is 0 Å². The smallest absolute Gasteiger partial charge is 0.255 e. The molecule has 0 unspecified atom stereocenters. The predicted octanol–water partition coefficient (Wildman–Crippen LogP) is 4.10. The van der Waals surface area contributed by atoms with Crippen LogP contribution in [-0.2, 0) is 6.54 Å². The number of nitrogens with two attached hydrogens (primary N) is 1. The lowest BCUT2D eigenvalue weighted by Gasteiger charge is -2.34. The monoisotopic (exact) mass is 409 g/mol. The van der Waals surface area contributed by atoms with Gasteiger partial charge in [-0.1, -0.05) is 42.5 Å². The van der Waals surface area contributed by atoms with Crippen molar-refractivity contribution in [3.8, 4) is 0 Å². The summed E-state index contributed by atoms with van der Waals surface area (Å²) in [4.78, 5) is 17.0. The Morgan fingerprint density at radius 2 is 1.63 bits per heavy atom. The number of nitrogen functional groups attached to an aromatic ring is 1. The molecule has 0 atom stereocenters. The summed E-state index contributed by atoms with van der Waals surface area (Å²) in [5, 5.41) is 0. The van der Waals surface area contributed by atoms with E-state index in [2.05, 4.69) is 42.3 Å². The normalized spacial score (nSPS) is 14.4. The highest BCUT2D eigenvalue weighted by Crippen LogP contribution is 2.22. The fourth-order valence-electron chi connectivity index (χ4n) is 3.58. The van der Waals surface area contributed by atoms with Crippen molar-refractivity contribution in [2.24, 2.45) is 5.92 Å². The first-order valence-corrected chi connectivity index (χ1v) is 8.99. The van der Waals surface area contributed by atoms with Crippen molar-refractivity contribution in [1.82, 2.24) is 9.80 Å². The molecule has 1 fully saturated rings. The van der Waals surface area contributed by atoms with E-state index in [9.17, 15) is 4.79 Å². The number of anilines is 1. The Kier molecular flexibility index (Phi) is 9.64. The van der Waals surface area contributed by atoms with Crippen molar-refractivity contribution in [1.29, 1.82) is 0 Å². The summed E-state index contributed by atoms with van der Waals surface area (Å²) in [6.45, 7) is 3.68. The third-order valence-corrected chi connectivity index (χ3v) is 4.96. The third kappa shape index (κ3) is 6.42. The largest absolute Gasteiger partial charge is 0.398 e. The maximum atomic E-state index is 12.6. The molecule has 1 aliphatic heterocycles. The maximum Gasteiger partial charge on any atom is 0.255 e. The van der Waals surface area contributed by atoms with Crippen molar-refractivity contribution in [3.05, 3.63) is 65.7 Å². The number of halogens is 2. The van der Waals surface area contributed by atoms with Crippen LogP contribution in [-0.4, -0.2) is 42.4 Å². The lowest BCUT2D eigenvalue weighted by molar-refractivity contribution is 0.0673. The number of rotatable bonds is 5. The van der Waals surface area contributed by atoms with E-state index in [0.717, 1.165) is 39.0 Å². The molecule has 2 aromatic carbocycles. The van der Waals surface area contributed by atoms with Gasteiger partial charge in [0.25, 0.3) is 5.91 Å². The highest BCUT2D eigenvalue weighted by molar-refractivity contribution is 5.99. The van der Waals surface area contributed by atoms with Gasteiger partial charge < -0.3 is 15.5 Å². The highest BCUT2D eigenvalue weighted by Gasteiger charge is 2.25. The van der Waals surface area contributed by atoms with Crippen molar-refractivity contribution in [3.63, 3.8) is 0 Å². The quantitative estimate of drug-likeness (QED) is 0.756. The van der Waals surface area contributed by atoms with E-state index < -0.39 is 0 Å². The second-order valence-corrected chi connectivity index (χ2v) is 7.01. The number of hydrogen-bond acceptors (Lipinski definition) is 3. The van der Waals surface area contributed by atoms with E-state index in [-0.39, 0.29) is 30.7 Å². The lowest BCUT2D eigenvalue weighted by Crippen LogP contribution is -2.41. The van der Waals surface area contributed by atoms with Crippen LogP contribution in [0.2, 0.25) is 0 Å². The van der Waals surface area contributed by atoms with Gasteiger partial charge in [-0.3, -0.25) is 4.79 Å². The Morgan fingerprint density at radius 1 is 1.04 bits per heavy atom. The Labute approximate surface area is 174 Å². The van der Waals surface area contributed by atoms with E-state index in [1.807, 2.05) is 23.1 Å². The topological polar surface area (TPSA) is 49.6 Å². The van der Waals surface area contributed by atoms with Crippen molar-refractivity contribution >= 4 is 36.4 Å². The fourth-order valence-corrected chi connectivity index (χ4v) is 3.58. The van der Waals surface area contributed by atoms with Gasteiger partial charge in [-0.15, -0.1) is 24.8 Å². The van der Waals surface area contributed by atoms with Crippen LogP contribution in [0.15, 0.2) is 54.6 Å². The molecular formula is C21H29Cl2N3O. The second kappa shape index (κ2) is 11.2. The maximum absolute atomic E-state index is 12.6. The fraction of sp³-hybridized carbons (Fsp3) is 0.381. The van der Waals surface area contributed by atoms with E-state index in [1.54, 1.807) is 6.07 Å².